The highest BCUT2D eigenvalue weighted by atomic mass is 35.6. The number of rotatable bonds is 9. The number of carbonyl (C=O) groups is 1. The van der Waals surface area contributed by atoms with Gasteiger partial charge in [-0.15, -0.1) is 0 Å². The molecule has 32 heavy (non-hydrogen) atoms. The van der Waals surface area contributed by atoms with E-state index in [4.69, 9.17) is 44.0 Å². The van der Waals surface area contributed by atoms with Crippen molar-refractivity contribution in [3.8, 4) is 5.75 Å². The van der Waals surface area contributed by atoms with Crippen LogP contribution in [0.5, 0.6) is 5.75 Å². The lowest BCUT2D eigenvalue weighted by atomic mass is 10.3. The largest absolute Gasteiger partial charge is 0.463 e. The van der Waals surface area contributed by atoms with Crippen LogP contribution in [0, 0.1) is 0 Å². The smallest absolute Gasteiger partial charge is 0.304 e. The normalized spacial score (nSPS) is 12.5. The number of hydrogen-bond acceptors (Lipinski definition) is 7. The third kappa shape index (κ3) is 9.91. The van der Waals surface area contributed by atoms with Gasteiger partial charge in [0.25, 0.3) is 9.70 Å². The van der Waals surface area contributed by atoms with E-state index in [0.29, 0.717) is 35.3 Å². The van der Waals surface area contributed by atoms with E-state index in [-0.39, 0.29) is 12.6 Å². The van der Waals surface area contributed by atoms with E-state index >= 15 is 0 Å². The Bertz CT molecular complexity index is 1020. The van der Waals surface area contributed by atoms with E-state index in [9.17, 15) is 13.2 Å². The van der Waals surface area contributed by atoms with Crippen molar-refractivity contribution in [1.82, 2.24) is 9.62 Å². The first-order valence-electron chi connectivity index (χ1n) is 9.17. The van der Waals surface area contributed by atoms with Gasteiger partial charge in [0.05, 0.1) is 25.1 Å². The minimum Gasteiger partial charge on any atom is -0.463 e. The van der Waals surface area contributed by atoms with Crippen LogP contribution in [0.2, 0.25) is 0 Å². The molecule has 0 bridgehead atoms. The summed E-state index contributed by atoms with van der Waals surface area (Å²) in [6.07, 6.45) is 1.03. The number of amides is 1. The molecule has 0 spiro atoms. The highest BCUT2D eigenvalue weighted by Crippen LogP contribution is 2.28. The molecule has 13 heteroatoms. The van der Waals surface area contributed by atoms with Crippen LogP contribution in [0.3, 0.4) is 0 Å². The van der Waals surface area contributed by atoms with Crippen molar-refractivity contribution in [2.75, 3.05) is 25.6 Å². The molecule has 0 saturated carbocycles. The van der Waals surface area contributed by atoms with Crippen LogP contribution in [0.25, 0.3) is 0 Å². The van der Waals surface area contributed by atoms with Gasteiger partial charge in [0.15, 0.2) is 0 Å². The van der Waals surface area contributed by atoms with E-state index < -0.39 is 19.7 Å². The molecule has 0 aliphatic carbocycles. The third-order valence-corrected chi connectivity index (χ3v) is 5.66. The lowest BCUT2D eigenvalue weighted by molar-refractivity contribution is -0.129. The average Bonchev–Trinajstić information content (AvgIpc) is 3.13. The van der Waals surface area contributed by atoms with Crippen LogP contribution in [0.1, 0.15) is 11.5 Å². The molecule has 0 saturated heterocycles. The first kappa shape index (κ1) is 26.7. The van der Waals surface area contributed by atoms with E-state index in [0.717, 1.165) is 6.26 Å². The molecule has 0 fully saturated rings. The topological polar surface area (TPSA) is 101 Å². The van der Waals surface area contributed by atoms with Gasteiger partial charge < -0.3 is 14.1 Å². The number of thioether (sulfide) groups is 1. The number of furan rings is 1. The lowest BCUT2D eigenvalue weighted by Crippen LogP contribution is -2.35. The molecule has 1 amide bonds. The number of amidine groups is 1. The van der Waals surface area contributed by atoms with E-state index in [2.05, 4.69) is 9.71 Å². The predicted octanol–water partition coefficient (Wildman–Crippen LogP) is 3.83. The Kier molecular flexibility index (Phi) is 10.0. The van der Waals surface area contributed by atoms with Crippen molar-refractivity contribution in [2.45, 2.75) is 16.1 Å². The van der Waals surface area contributed by atoms with Crippen molar-refractivity contribution in [3.63, 3.8) is 0 Å². The summed E-state index contributed by atoms with van der Waals surface area (Å²) in [6, 6.07) is 12.2. The quantitative estimate of drug-likeness (QED) is 0.224. The van der Waals surface area contributed by atoms with Crippen molar-refractivity contribution in [3.05, 3.63) is 54.0 Å². The molecule has 1 heterocycles. The molecular weight excluding hydrogens is 521 g/mol. The number of ether oxygens (including phenoxy) is 1. The van der Waals surface area contributed by atoms with Crippen LogP contribution in [0.15, 0.2) is 51.9 Å². The molecule has 0 aliphatic rings. The van der Waals surface area contributed by atoms with Crippen LogP contribution in [0.4, 0.5) is 0 Å². The first-order valence-corrected chi connectivity index (χ1v) is 13.3. The highest BCUT2D eigenvalue weighted by molar-refractivity contribution is 7.98. The Labute approximate surface area is 206 Å². The number of hydrogen-bond donors (Lipinski definition) is 1. The maximum Gasteiger partial charge on any atom is 0.304 e. The number of alkyl halides is 3. The number of sulfonamides is 1. The van der Waals surface area contributed by atoms with E-state index in [1.165, 1.54) is 23.7 Å². The minimum atomic E-state index is -3.53. The summed E-state index contributed by atoms with van der Waals surface area (Å²) in [4.78, 5) is 17.4. The molecule has 0 radical (unpaired) electrons. The van der Waals surface area contributed by atoms with Gasteiger partial charge in [-0.3, -0.25) is 4.79 Å². The number of nitrogens with zero attached hydrogens (tertiary/aromatic N) is 2. The Morgan fingerprint density at radius 1 is 1.19 bits per heavy atom. The van der Waals surface area contributed by atoms with Gasteiger partial charge in [-0.25, -0.2) is 18.1 Å². The van der Waals surface area contributed by atoms with Crippen molar-refractivity contribution < 1.29 is 22.4 Å². The van der Waals surface area contributed by atoms with Gasteiger partial charge in [0.1, 0.15) is 17.3 Å². The Balaban J connectivity index is 1.83. The number of para-hydroxylation sites is 1. The fourth-order valence-corrected chi connectivity index (χ4v) is 3.91. The molecule has 0 aliphatic heterocycles. The second-order valence-corrected chi connectivity index (χ2v) is 11.7. The molecule has 2 aromatic rings. The summed E-state index contributed by atoms with van der Waals surface area (Å²) in [7, 11) is -2.02. The molecule has 176 valence electrons. The highest BCUT2D eigenvalue weighted by Gasteiger charge is 2.33. The van der Waals surface area contributed by atoms with Gasteiger partial charge in [-0.1, -0.05) is 53.0 Å². The van der Waals surface area contributed by atoms with Gasteiger partial charge in [0.2, 0.25) is 10.0 Å². The molecule has 0 atom stereocenters. The van der Waals surface area contributed by atoms with Crippen LogP contribution >= 0.6 is 46.6 Å². The number of halogens is 3. The standard InChI is InChI=1S/C19H22Cl3N3O5S2/c1-25(17(26)19(20,21)22)12-15-8-9-16(29-15)13-31-11-10-23-18(24-32(2,27)28)30-14-6-4-3-5-7-14/h3-9H,10-13H2,1-2H3,(H,23,24). The third-order valence-electron chi connectivity index (χ3n) is 3.67. The van der Waals surface area contributed by atoms with Gasteiger partial charge in [0, 0.05) is 12.8 Å². The van der Waals surface area contributed by atoms with Crippen LogP contribution in [-0.4, -0.2) is 54.6 Å². The van der Waals surface area contributed by atoms with Crippen molar-refractivity contribution in [1.29, 1.82) is 0 Å². The maximum atomic E-state index is 11.9. The molecule has 0 unspecified atom stereocenters. The lowest BCUT2D eigenvalue weighted by Gasteiger charge is -2.20. The predicted molar refractivity (Wildman–Crippen MR) is 129 cm³/mol. The van der Waals surface area contributed by atoms with Crippen LogP contribution in [-0.2, 0) is 27.1 Å². The molecule has 1 aromatic carbocycles. The SMILES string of the molecule is CN(Cc1ccc(CSCCN=C(NS(C)(=O)=O)Oc2ccccc2)o1)C(=O)C(Cl)(Cl)Cl. The average molecular weight is 543 g/mol. The maximum absolute atomic E-state index is 11.9. The molecule has 1 N–H and O–H groups in total. The Morgan fingerprint density at radius 3 is 2.47 bits per heavy atom. The summed E-state index contributed by atoms with van der Waals surface area (Å²) >= 11 is 18.3. The van der Waals surface area contributed by atoms with E-state index in [1.54, 1.807) is 36.4 Å². The molecular formula is C19H22Cl3N3O5S2. The number of nitrogens with one attached hydrogen (secondary N) is 1. The zero-order valence-corrected chi connectivity index (χ0v) is 21.2. The van der Waals surface area contributed by atoms with Gasteiger partial charge in [-0.05, 0) is 24.3 Å². The second kappa shape index (κ2) is 12.0. The number of carbonyl (C=O) groups excluding carboxylic acids is 1. The zero-order valence-electron chi connectivity index (χ0n) is 17.3. The summed E-state index contributed by atoms with van der Waals surface area (Å²) in [5.41, 5.74) is 0. The van der Waals surface area contributed by atoms with Crippen LogP contribution < -0.4 is 9.46 Å². The van der Waals surface area contributed by atoms with Gasteiger partial charge in [-0.2, -0.15) is 11.8 Å². The Hall–Kier alpha value is -1.59. The van der Waals surface area contributed by atoms with E-state index in [1.807, 2.05) is 6.07 Å². The summed E-state index contributed by atoms with van der Waals surface area (Å²) in [5, 5.41) is 0. The summed E-state index contributed by atoms with van der Waals surface area (Å²) < 4.78 is 34.5. The second-order valence-electron chi connectivity index (χ2n) is 6.56. The fraction of sp³-hybridized carbons (Fsp3) is 0.368. The minimum absolute atomic E-state index is 0.0961. The van der Waals surface area contributed by atoms with Gasteiger partial charge >= 0.3 is 6.02 Å². The first-order chi connectivity index (χ1) is 14.9. The van der Waals surface area contributed by atoms with Crippen molar-refractivity contribution in [2.24, 2.45) is 4.99 Å². The number of aliphatic imine (C=N–C) groups is 1. The molecule has 8 nitrogen and oxygen atoms in total. The monoisotopic (exact) mass is 541 g/mol. The summed E-state index contributed by atoms with van der Waals surface area (Å²) in [6.45, 7) is 0.489. The fourth-order valence-electron chi connectivity index (χ4n) is 2.34. The zero-order chi connectivity index (χ0) is 23.8. The summed E-state index contributed by atoms with van der Waals surface area (Å²) in [5.74, 6) is 2.24. The molecule has 2 rings (SSSR count). The van der Waals surface area contributed by atoms with Crippen molar-refractivity contribution >= 4 is 68.5 Å². The Morgan fingerprint density at radius 2 is 1.84 bits per heavy atom. The number of benzene rings is 1. The molecule has 1 aromatic heterocycles.